The highest BCUT2D eigenvalue weighted by Gasteiger charge is 2.44. The number of ether oxygens (including phenoxy) is 2. The summed E-state index contributed by atoms with van der Waals surface area (Å²) in [5.74, 6) is -1.24. The number of nitrogen functional groups attached to an aromatic ring is 2. The summed E-state index contributed by atoms with van der Waals surface area (Å²) in [7, 11) is 0. The third kappa shape index (κ3) is 5.01. The lowest BCUT2D eigenvalue weighted by Crippen LogP contribution is -2.34. The summed E-state index contributed by atoms with van der Waals surface area (Å²) < 4.78 is 13.1. The van der Waals surface area contributed by atoms with Crippen molar-refractivity contribution in [2.24, 2.45) is 0 Å². The first-order valence-electron chi connectivity index (χ1n) is 11.8. The number of aliphatic hydroxyl groups is 2. The van der Waals surface area contributed by atoms with Crippen LogP contribution in [0, 0.1) is 0 Å². The van der Waals surface area contributed by atoms with E-state index in [0.717, 1.165) is 0 Å². The zero-order valence-corrected chi connectivity index (χ0v) is 20.3. The van der Waals surface area contributed by atoms with Gasteiger partial charge in [0, 0.05) is 5.56 Å². The van der Waals surface area contributed by atoms with E-state index in [9.17, 15) is 24.9 Å². The third-order valence-corrected chi connectivity index (χ3v) is 6.29. The third-order valence-electron chi connectivity index (χ3n) is 6.29. The number of carboxylic acids is 1. The van der Waals surface area contributed by atoms with Crippen LogP contribution in [-0.4, -0.2) is 71.5 Å². The quantitative estimate of drug-likeness (QED) is 0.123. The molecular formula is C26H24N6O7. The molecule has 4 atom stereocenters. The van der Waals surface area contributed by atoms with E-state index in [1.54, 1.807) is 30.3 Å². The number of aromatic carboxylic acids is 1. The van der Waals surface area contributed by atoms with Crippen molar-refractivity contribution < 1.29 is 34.4 Å². The Kier molecular flexibility index (Phi) is 6.94. The fourth-order valence-electron chi connectivity index (χ4n) is 4.25. The molecule has 0 amide bonds. The van der Waals surface area contributed by atoms with Crippen molar-refractivity contribution in [2.75, 3.05) is 18.1 Å². The molecule has 0 radical (unpaired) electrons. The van der Waals surface area contributed by atoms with Gasteiger partial charge in [0.2, 0.25) is 0 Å². The van der Waals surface area contributed by atoms with Crippen LogP contribution in [0.3, 0.4) is 0 Å². The number of hydrogen-bond acceptors (Lipinski definition) is 11. The number of nitrogens with two attached hydrogens (primary N) is 2. The average molecular weight is 533 g/mol. The van der Waals surface area contributed by atoms with Gasteiger partial charge in [-0.3, -0.25) is 9.36 Å². The molecule has 0 unspecified atom stereocenters. The first kappa shape index (κ1) is 25.8. The van der Waals surface area contributed by atoms with Gasteiger partial charge in [0.15, 0.2) is 23.5 Å². The second-order valence-electron chi connectivity index (χ2n) is 8.79. The summed E-state index contributed by atoms with van der Waals surface area (Å²) >= 11 is 0. The number of ketones is 1. The number of aliphatic hydroxyl groups excluding tert-OH is 2. The van der Waals surface area contributed by atoms with E-state index in [-0.39, 0.29) is 29.3 Å². The largest absolute Gasteiger partial charge is 0.489 e. The van der Waals surface area contributed by atoms with Crippen molar-refractivity contribution in [1.29, 1.82) is 0 Å². The van der Waals surface area contributed by atoms with Crippen molar-refractivity contribution >= 4 is 40.5 Å². The molecule has 1 aliphatic heterocycles. The van der Waals surface area contributed by atoms with Gasteiger partial charge in [-0.2, -0.15) is 0 Å². The predicted molar refractivity (Wildman–Crippen MR) is 139 cm³/mol. The lowest BCUT2D eigenvalue weighted by molar-refractivity contribution is -0.0473. The van der Waals surface area contributed by atoms with Gasteiger partial charge in [0.1, 0.15) is 42.5 Å². The molecule has 13 heteroatoms. The fourth-order valence-corrected chi connectivity index (χ4v) is 4.25. The Hall–Kier alpha value is -4.85. The van der Waals surface area contributed by atoms with Gasteiger partial charge < -0.3 is 36.3 Å². The maximum absolute atomic E-state index is 12.6. The number of imidazole rings is 1. The second-order valence-corrected chi connectivity index (χ2v) is 8.79. The maximum Gasteiger partial charge on any atom is 0.336 e. The molecule has 0 aliphatic carbocycles. The minimum absolute atomic E-state index is 0.0634. The Bertz CT molecular complexity index is 1590. The van der Waals surface area contributed by atoms with Crippen molar-refractivity contribution in [3.05, 3.63) is 77.9 Å². The Balaban J connectivity index is 1.28. The highest BCUT2D eigenvalue weighted by Crippen LogP contribution is 2.33. The average Bonchev–Trinajstić information content (AvgIpc) is 3.48. The predicted octanol–water partition coefficient (Wildman–Crippen LogP) is 1.28. The van der Waals surface area contributed by atoms with E-state index in [1.807, 2.05) is 0 Å². The molecule has 13 nitrogen and oxygen atoms in total. The number of anilines is 2. The van der Waals surface area contributed by atoms with E-state index in [2.05, 4.69) is 15.0 Å². The fraction of sp³-hybridized carbons (Fsp3) is 0.192. The number of nitrogens with zero attached hydrogens (tertiary/aromatic N) is 4. The molecule has 200 valence electrons. The van der Waals surface area contributed by atoms with Crippen LogP contribution in [0.4, 0.5) is 11.5 Å². The van der Waals surface area contributed by atoms with Crippen LogP contribution in [0.2, 0.25) is 0 Å². The number of carbonyl (C=O) groups excluding carboxylic acids is 1. The van der Waals surface area contributed by atoms with Crippen molar-refractivity contribution in [3.8, 4) is 5.75 Å². The Labute approximate surface area is 221 Å². The molecule has 7 N–H and O–H groups in total. The smallest absolute Gasteiger partial charge is 0.336 e. The summed E-state index contributed by atoms with van der Waals surface area (Å²) in [6.45, 7) is -0.152. The standard InChI is InChI=1S/C26H24N6O7/c27-16-7-5-13(6-8-17(33)14-3-1-2-4-15(14)26(36)37)9-18(16)38-10-19-21(34)22(35)25(39-19)32-12-31-20-23(28)29-11-30-24(20)32/h1-9,11-12,19,21-22,25,34-35H,10,27H2,(H,36,37)(H2,28,29,30)/b8-6+/t19-,21-,22-,25-/m1/s1. The number of hydrogen-bond donors (Lipinski definition) is 5. The van der Waals surface area contributed by atoms with Crippen LogP contribution >= 0.6 is 0 Å². The molecule has 3 heterocycles. The van der Waals surface area contributed by atoms with E-state index in [1.165, 1.54) is 41.5 Å². The molecule has 4 aromatic rings. The molecule has 5 rings (SSSR count). The van der Waals surface area contributed by atoms with Gasteiger partial charge in [-0.05, 0) is 29.8 Å². The summed E-state index contributed by atoms with van der Waals surface area (Å²) in [6, 6.07) is 10.8. The Morgan fingerprint density at radius 2 is 1.82 bits per heavy atom. The van der Waals surface area contributed by atoms with Crippen LogP contribution in [0.1, 0.15) is 32.5 Å². The van der Waals surface area contributed by atoms with E-state index in [0.29, 0.717) is 22.4 Å². The minimum Gasteiger partial charge on any atom is -0.489 e. The van der Waals surface area contributed by atoms with E-state index in [4.69, 9.17) is 20.9 Å². The normalized spacial score (nSPS) is 21.0. The number of carboxylic acid groups (broad SMARTS) is 1. The van der Waals surface area contributed by atoms with Gasteiger partial charge in [0.25, 0.3) is 0 Å². The monoisotopic (exact) mass is 532 g/mol. The van der Waals surface area contributed by atoms with Crippen molar-refractivity contribution in [1.82, 2.24) is 19.5 Å². The zero-order valence-electron chi connectivity index (χ0n) is 20.3. The highest BCUT2D eigenvalue weighted by molar-refractivity contribution is 6.12. The van der Waals surface area contributed by atoms with Crippen LogP contribution in [0.5, 0.6) is 5.75 Å². The van der Waals surface area contributed by atoms with Gasteiger partial charge in [-0.1, -0.05) is 30.3 Å². The summed E-state index contributed by atoms with van der Waals surface area (Å²) in [4.78, 5) is 36.2. The minimum atomic E-state index is -1.31. The second kappa shape index (κ2) is 10.5. The highest BCUT2D eigenvalue weighted by atomic mass is 16.6. The summed E-state index contributed by atoms with van der Waals surface area (Å²) in [5.41, 5.74) is 13.4. The van der Waals surface area contributed by atoms with Crippen LogP contribution in [-0.2, 0) is 4.74 Å². The molecule has 1 aliphatic rings. The number of allylic oxidation sites excluding steroid dienone is 1. The molecule has 0 spiro atoms. The number of aromatic nitrogens is 4. The zero-order chi connectivity index (χ0) is 27.7. The van der Waals surface area contributed by atoms with E-state index >= 15 is 0 Å². The molecule has 39 heavy (non-hydrogen) atoms. The van der Waals surface area contributed by atoms with Crippen molar-refractivity contribution in [2.45, 2.75) is 24.5 Å². The Morgan fingerprint density at radius 1 is 1.05 bits per heavy atom. The topological polar surface area (TPSA) is 209 Å². The Morgan fingerprint density at radius 3 is 2.59 bits per heavy atom. The first-order chi connectivity index (χ1) is 18.7. The van der Waals surface area contributed by atoms with Gasteiger partial charge in [-0.15, -0.1) is 0 Å². The number of rotatable bonds is 8. The number of benzene rings is 2. The van der Waals surface area contributed by atoms with Gasteiger partial charge in [-0.25, -0.2) is 19.7 Å². The lowest BCUT2D eigenvalue weighted by atomic mass is 10.0. The van der Waals surface area contributed by atoms with Crippen LogP contribution in [0.15, 0.2) is 61.2 Å². The van der Waals surface area contributed by atoms with Crippen LogP contribution in [0.25, 0.3) is 17.2 Å². The van der Waals surface area contributed by atoms with Crippen LogP contribution < -0.4 is 16.2 Å². The lowest BCUT2D eigenvalue weighted by Gasteiger charge is -2.17. The molecule has 1 fully saturated rings. The summed E-state index contributed by atoms with van der Waals surface area (Å²) in [6.07, 6.45) is 0.898. The molecular weight excluding hydrogens is 508 g/mol. The maximum atomic E-state index is 12.6. The van der Waals surface area contributed by atoms with Gasteiger partial charge in [0.05, 0.1) is 17.6 Å². The number of carbonyl (C=O) groups is 2. The van der Waals surface area contributed by atoms with Gasteiger partial charge >= 0.3 is 5.97 Å². The molecule has 0 saturated carbocycles. The first-order valence-corrected chi connectivity index (χ1v) is 11.8. The molecule has 2 aromatic heterocycles. The molecule has 2 aromatic carbocycles. The SMILES string of the molecule is Nc1ccc(/C=C/C(=O)c2ccccc2C(=O)O)cc1OC[C@H]1O[C@@H](n2cnc3c(N)ncnc32)[C@H](O)[C@@H]1O. The molecule has 1 saturated heterocycles. The van der Waals surface area contributed by atoms with E-state index < -0.39 is 36.3 Å². The number of fused-ring (bicyclic) bond motifs is 1. The van der Waals surface area contributed by atoms with Crippen molar-refractivity contribution in [3.63, 3.8) is 0 Å². The summed E-state index contributed by atoms with van der Waals surface area (Å²) in [5, 5.41) is 30.6. The molecule has 0 bridgehead atoms.